The molecule has 0 aromatic heterocycles. The second-order valence-corrected chi connectivity index (χ2v) is 11.4. The zero-order chi connectivity index (χ0) is 37.7. The minimum Gasteiger partial charge on any atom is -0.491 e. The normalized spacial score (nSPS) is 11.1. The third-order valence-corrected chi connectivity index (χ3v) is 7.85. The van der Waals surface area contributed by atoms with Crippen LogP contribution in [-0.2, 0) is 22.3 Å². The van der Waals surface area contributed by atoms with Crippen LogP contribution in [0, 0.1) is 0 Å². The largest absolute Gasteiger partial charge is 0.491 e. The van der Waals surface area contributed by atoms with Gasteiger partial charge in [-0.15, -0.1) is 0 Å². The lowest BCUT2D eigenvalue weighted by atomic mass is 9.94. The molecular formula is C40H50O13. The minimum atomic E-state index is -0.191. The Kier molecular flexibility index (Phi) is 18.1. The molecule has 0 atom stereocenters. The van der Waals surface area contributed by atoms with Crippen LogP contribution in [0.2, 0.25) is 0 Å². The van der Waals surface area contributed by atoms with E-state index in [-0.39, 0.29) is 78.9 Å². The summed E-state index contributed by atoms with van der Waals surface area (Å²) >= 11 is 0. The van der Waals surface area contributed by atoms with Gasteiger partial charge >= 0.3 is 0 Å². The molecule has 0 aliphatic heterocycles. The van der Waals surface area contributed by atoms with Gasteiger partial charge in [0.05, 0.1) is 52.9 Å². The molecule has 0 spiro atoms. The Morgan fingerprint density at radius 2 is 0.717 bits per heavy atom. The Labute approximate surface area is 309 Å². The van der Waals surface area contributed by atoms with Crippen molar-refractivity contribution in [3.8, 4) is 56.8 Å². The molecule has 53 heavy (non-hydrogen) atoms. The van der Waals surface area contributed by atoms with Crippen molar-refractivity contribution in [3.05, 3.63) is 83.9 Å². The van der Waals surface area contributed by atoms with Crippen LogP contribution in [0.1, 0.15) is 11.1 Å². The average Bonchev–Trinajstić information content (AvgIpc) is 3.18. The fourth-order valence-corrected chi connectivity index (χ4v) is 5.64. The molecule has 13 nitrogen and oxygen atoms in total. The standard InChI is InChI=1S/C40H50O13/c41-15-13-33-35(51-23-19-45)9-11-37(39(33)29-1-5-31(6-2-29)49-27-25-47-21-17-43)53-38-12-10-36(52-24-20-46)34(14-16-42)40(38)30-3-7-32(8-4-30)50-28-26-48-22-18-44/h1-12,41-46H,13-28H2. The molecule has 6 N–H and O–H groups in total. The Hall–Kier alpha value is -4.44. The Morgan fingerprint density at radius 1 is 0.340 bits per heavy atom. The van der Waals surface area contributed by atoms with Gasteiger partial charge in [0.15, 0.2) is 0 Å². The lowest BCUT2D eigenvalue weighted by Gasteiger charge is -2.23. The molecule has 0 fully saturated rings. The van der Waals surface area contributed by atoms with E-state index in [1.54, 1.807) is 24.3 Å². The number of aliphatic hydroxyl groups is 6. The number of benzene rings is 4. The van der Waals surface area contributed by atoms with Gasteiger partial charge in [-0.1, -0.05) is 24.3 Å². The average molecular weight is 739 g/mol. The molecule has 4 rings (SSSR count). The third kappa shape index (κ3) is 12.3. The number of ether oxygens (including phenoxy) is 7. The van der Waals surface area contributed by atoms with Crippen molar-refractivity contribution >= 4 is 0 Å². The topological polar surface area (TPSA) is 186 Å². The summed E-state index contributed by atoms with van der Waals surface area (Å²) in [6.07, 6.45) is 0.466. The van der Waals surface area contributed by atoms with Gasteiger partial charge in [-0.2, -0.15) is 0 Å². The summed E-state index contributed by atoms with van der Waals surface area (Å²) in [6.45, 7) is 0.981. The van der Waals surface area contributed by atoms with Crippen LogP contribution in [0.5, 0.6) is 34.5 Å². The van der Waals surface area contributed by atoms with Gasteiger partial charge < -0.3 is 63.8 Å². The Morgan fingerprint density at radius 3 is 1.08 bits per heavy atom. The van der Waals surface area contributed by atoms with Gasteiger partial charge in [0.25, 0.3) is 0 Å². The molecule has 4 aromatic carbocycles. The lowest BCUT2D eigenvalue weighted by molar-refractivity contribution is 0.0705. The molecule has 0 aliphatic rings. The van der Waals surface area contributed by atoms with Crippen LogP contribution >= 0.6 is 0 Å². The van der Waals surface area contributed by atoms with Crippen molar-refractivity contribution in [1.82, 2.24) is 0 Å². The second-order valence-electron chi connectivity index (χ2n) is 11.4. The first-order valence-corrected chi connectivity index (χ1v) is 17.6. The highest BCUT2D eigenvalue weighted by Crippen LogP contribution is 2.46. The van der Waals surface area contributed by atoms with Crippen LogP contribution in [0.25, 0.3) is 22.3 Å². The van der Waals surface area contributed by atoms with Crippen LogP contribution in [-0.4, -0.2) is 123 Å². The van der Waals surface area contributed by atoms with Gasteiger partial charge in [0.2, 0.25) is 0 Å². The van der Waals surface area contributed by atoms with Crippen molar-refractivity contribution in [2.75, 3.05) is 92.5 Å². The van der Waals surface area contributed by atoms with Gasteiger partial charge in [-0.3, -0.25) is 0 Å². The second kappa shape index (κ2) is 23.3. The predicted octanol–water partition coefficient (Wildman–Crippen LogP) is 3.40. The number of hydrogen-bond acceptors (Lipinski definition) is 13. The first-order valence-electron chi connectivity index (χ1n) is 17.6. The molecule has 288 valence electrons. The molecule has 0 heterocycles. The van der Waals surface area contributed by atoms with Crippen molar-refractivity contribution in [1.29, 1.82) is 0 Å². The molecule has 0 aliphatic carbocycles. The van der Waals surface area contributed by atoms with Crippen molar-refractivity contribution in [2.24, 2.45) is 0 Å². The maximum Gasteiger partial charge on any atom is 0.135 e. The highest BCUT2D eigenvalue weighted by atomic mass is 16.5. The first kappa shape index (κ1) is 41.3. The molecule has 0 radical (unpaired) electrons. The number of aliphatic hydroxyl groups excluding tert-OH is 6. The highest BCUT2D eigenvalue weighted by Gasteiger charge is 2.22. The lowest BCUT2D eigenvalue weighted by Crippen LogP contribution is -2.09. The van der Waals surface area contributed by atoms with Crippen LogP contribution < -0.4 is 23.7 Å². The first-order chi connectivity index (χ1) is 26.1. The molecule has 13 heteroatoms. The van der Waals surface area contributed by atoms with Crippen molar-refractivity contribution in [2.45, 2.75) is 12.8 Å². The fourth-order valence-electron chi connectivity index (χ4n) is 5.64. The summed E-state index contributed by atoms with van der Waals surface area (Å²) < 4.78 is 40.8. The monoisotopic (exact) mass is 738 g/mol. The summed E-state index contributed by atoms with van der Waals surface area (Å²) in [7, 11) is 0. The highest BCUT2D eigenvalue weighted by molar-refractivity contribution is 5.81. The van der Waals surface area contributed by atoms with Crippen LogP contribution in [0.3, 0.4) is 0 Å². The number of rotatable bonds is 26. The maximum absolute atomic E-state index is 10.2. The van der Waals surface area contributed by atoms with Gasteiger partial charge in [0, 0.05) is 35.5 Å². The minimum absolute atomic E-state index is 0.0581. The fraction of sp³-hybridized carbons (Fsp3) is 0.400. The summed E-state index contributed by atoms with van der Waals surface area (Å²) in [4.78, 5) is 0. The van der Waals surface area contributed by atoms with Crippen molar-refractivity contribution in [3.63, 3.8) is 0 Å². The van der Waals surface area contributed by atoms with E-state index in [1.165, 1.54) is 0 Å². The third-order valence-electron chi connectivity index (χ3n) is 7.85. The zero-order valence-corrected chi connectivity index (χ0v) is 29.8. The van der Waals surface area contributed by atoms with E-state index >= 15 is 0 Å². The summed E-state index contributed by atoms with van der Waals surface area (Å²) in [6, 6.07) is 21.8. The smallest absolute Gasteiger partial charge is 0.135 e. The molecule has 4 aromatic rings. The van der Waals surface area contributed by atoms with E-state index in [2.05, 4.69) is 0 Å². The van der Waals surface area contributed by atoms with Gasteiger partial charge in [-0.25, -0.2) is 0 Å². The van der Waals surface area contributed by atoms with Crippen LogP contribution in [0.15, 0.2) is 72.8 Å². The molecule has 0 bridgehead atoms. The molecule has 0 unspecified atom stereocenters. The predicted molar refractivity (Wildman–Crippen MR) is 197 cm³/mol. The summed E-state index contributed by atoms with van der Waals surface area (Å²) in [5.74, 6) is 3.11. The molecular weight excluding hydrogens is 688 g/mol. The van der Waals surface area contributed by atoms with E-state index in [4.69, 9.17) is 43.4 Å². The van der Waals surface area contributed by atoms with Crippen LogP contribution in [0.4, 0.5) is 0 Å². The van der Waals surface area contributed by atoms with E-state index in [0.717, 1.165) is 11.1 Å². The number of hydrogen-bond donors (Lipinski definition) is 6. The van der Waals surface area contributed by atoms with Gasteiger partial charge in [0.1, 0.15) is 60.9 Å². The van der Waals surface area contributed by atoms with E-state index in [9.17, 15) is 20.4 Å². The SMILES string of the molecule is OCCOCCOc1ccc(-c2c(Oc3ccc(OCCO)c(CCO)c3-c3ccc(OCCOCCO)cc3)ccc(OCCO)c2CCO)cc1. The Bertz CT molecular complexity index is 1510. The zero-order valence-electron chi connectivity index (χ0n) is 29.8. The molecule has 0 amide bonds. The van der Waals surface area contributed by atoms with E-state index in [0.29, 0.717) is 83.2 Å². The van der Waals surface area contributed by atoms with Crippen molar-refractivity contribution < 1.29 is 63.8 Å². The quantitative estimate of drug-likeness (QED) is 0.0516. The van der Waals surface area contributed by atoms with E-state index in [1.807, 2.05) is 48.5 Å². The molecule has 0 saturated heterocycles. The van der Waals surface area contributed by atoms with Gasteiger partial charge in [-0.05, 0) is 72.5 Å². The van der Waals surface area contributed by atoms with E-state index < -0.39 is 0 Å². The molecule has 0 saturated carbocycles. The summed E-state index contributed by atoms with van der Waals surface area (Å²) in [5, 5.41) is 57.2. The Balaban J connectivity index is 1.79. The maximum atomic E-state index is 10.2. The summed E-state index contributed by atoms with van der Waals surface area (Å²) in [5.41, 5.74) is 4.19.